The molecule has 0 spiro atoms. The molecule has 6 nitrogen and oxygen atoms in total. The number of para-hydroxylation sites is 1. The summed E-state index contributed by atoms with van der Waals surface area (Å²) < 4.78 is 0. The Morgan fingerprint density at radius 1 is 1.20 bits per heavy atom. The number of hydrogen-bond donors (Lipinski definition) is 4. The highest BCUT2D eigenvalue weighted by Gasteiger charge is 2.13. The third-order valence-electron chi connectivity index (χ3n) is 4.33. The first-order chi connectivity index (χ1) is 12.1. The standard InChI is InChI=1S/C19H22N4O2/c1-3-13(4-2)20-19(25)21-18-15-10-9-12(11-16(15)22-23-18)14-7-5-6-8-17(14)24/h5-11,13,24H,3-4H2,1-2H3,(H3,20,21,22,23,25). The van der Waals surface area contributed by atoms with E-state index in [1.807, 2.05) is 44.2 Å². The van der Waals surface area contributed by atoms with Gasteiger partial charge in [-0.2, -0.15) is 5.10 Å². The number of hydrogen-bond acceptors (Lipinski definition) is 3. The van der Waals surface area contributed by atoms with E-state index in [4.69, 9.17) is 0 Å². The molecule has 0 radical (unpaired) electrons. The van der Waals surface area contributed by atoms with Gasteiger partial charge in [0, 0.05) is 17.0 Å². The zero-order valence-corrected chi connectivity index (χ0v) is 14.3. The number of amides is 2. The van der Waals surface area contributed by atoms with E-state index in [1.165, 1.54) is 0 Å². The summed E-state index contributed by atoms with van der Waals surface area (Å²) in [5.74, 6) is 0.714. The van der Waals surface area contributed by atoms with Crippen LogP contribution in [-0.4, -0.2) is 27.4 Å². The number of aromatic hydroxyl groups is 1. The van der Waals surface area contributed by atoms with Crippen molar-refractivity contribution in [3.05, 3.63) is 42.5 Å². The molecular formula is C19H22N4O2. The molecular weight excluding hydrogens is 316 g/mol. The summed E-state index contributed by atoms with van der Waals surface area (Å²) in [6.45, 7) is 4.08. The second-order valence-electron chi connectivity index (χ2n) is 5.96. The molecule has 3 rings (SSSR count). The highest BCUT2D eigenvalue weighted by molar-refractivity contribution is 6.00. The average Bonchev–Trinajstić information content (AvgIpc) is 3.02. The molecule has 25 heavy (non-hydrogen) atoms. The van der Waals surface area contributed by atoms with E-state index in [2.05, 4.69) is 20.8 Å². The van der Waals surface area contributed by atoms with Gasteiger partial charge in [-0.15, -0.1) is 0 Å². The molecule has 1 aromatic heterocycles. The number of nitrogens with one attached hydrogen (secondary N) is 3. The number of rotatable bonds is 5. The first-order valence-electron chi connectivity index (χ1n) is 8.46. The van der Waals surface area contributed by atoms with E-state index in [9.17, 15) is 9.90 Å². The number of phenols is 1. The van der Waals surface area contributed by atoms with Crippen LogP contribution in [-0.2, 0) is 0 Å². The van der Waals surface area contributed by atoms with E-state index < -0.39 is 0 Å². The molecule has 0 bridgehead atoms. The summed E-state index contributed by atoms with van der Waals surface area (Å²) in [6, 6.07) is 12.8. The van der Waals surface area contributed by atoms with Crippen molar-refractivity contribution in [2.45, 2.75) is 32.7 Å². The predicted octanol–water partition coefficient (Wildman–Crippen LogP) is 4.25. The fourth-order valence-electron chi connectivity index (χ4n) is 2.82. The number of H-pyrrole nitrogens is 1. The van der Waals surface area contributed by atoms with Crippen molar-refractivity contribution < 1.29 is 9.90 Å². The highest BCUT2D eigenvalue weighted by atomic mass is 16.3. The number of carbonyl (C=O) groups excluding carboxylic acids is 1. The molecule has 2 aromatic carbocycles. The lowest BCUT2D eigenvalue weighted by Crippen LogP contribution is -2.37. The Bertz CT molecular complexity index is 884. The van der Waals surface area contributed by atoms with Crippen molar-refractivity contribution >= 4 is 22.8 Å². The summed E-state index contributed by atoms with van der Waals surface area (Å²) >= 11 is 0. The van der Waals surface area contributed by atoms with E-state index in [0.717, 1.165) is 34.9 Å². The van der Waals surface area contributed by atoms with Crippen LogP contribution in [0.3, 0.4) is 0 Å². The lowest BCUT2D eigenvalue weighted by Gasteiger charge is -2.14. The molecule has 0 aliphatic carbocycles. The summed E-state index contributed by atoms with van der Waals surface area (Å²) in [5, 5.41) is 23.7. The van der Waals surface area contributed by atoms with Gasteiger partial charge in [-0.1, -0.05) is 38.1 Å². The lowest BCUT2D eigenvalue weighted by atomic mass is 10.0. The number of aromatic nitrogens is 2. The van der Waals surface area contributed by atoms with Crippen LogP contribution in [0.5, 0.6) is 5.75 Å². The minimum Gasteiger partial charge on any atom is -0.507 e. The van der Waals surface area contributed by atoms with Crippen LogP contribution in [0.25, 0.3) is 22.0 Å². The number of urea groups is 1. The average molecular weight is 338 g/mol. The first kappa shape index (κ1) is 16.8. The maximum Gasteiger partial charge on any atom is 0.320 e. The zero-order chi connectivity index (χ0) is 17.8. The number of carbonyl (C=O) groups is 1. The van der Waals surface area contributed by atoms with E-state index in [-0.39, 0.29) is 17.8 Å². The molecule has 0 atom stereocenters. The van der Waals surface area contributed by atoms with E-state index >= 15 is 0 Å². The van der Waals surface area contributed by atoms with Crippen LogP contribution in [0, 0.1) is 0 Å². The second kappa shape index (κ2) is 7.25. The van der Waals surface area contributed by atoms with Gasteiger partial charge in [-0.25, -0.2) is 4.79 Å². The summed E-state index contributed by atoms with van der Waals surface area (Å²) in [4.78, 5) is 12.1. The number of phenolic OH excluding ortho intramolecular Hbond substituents is 1. The molecule has 0 saturated heterocycles. The van der Waals surface area contributed by atoms with Crippen molar-refractivity contribution in [1.29, 1.82) is 0 Å². The van der Waals surface area contributed by atoms with Crippen LogP contribution in [0.1, 0.15) is 26.7 Å². The molecule has 2 amide bonds. The largest absolute Gasteiger partial charge is 0.507 e. The maximum absolute atomic E-state index is 12.1. The van der Waals surface area contributed by atoms with E-state index in [1.54, 1.807) is 12.1 Å². The number of aromatic amines is 1. The molecule has 0 fully saturated rings. The van der Waals surface area contributed by atoms with Gasteiger partial charge in [0.1, 0.15) is 5.75 Å². The topological polar surface area (TPSA) is 90.0 Å². The van der Waals surface area contributed by atoms with E-state index in [0.29, 0.717) is 5.82 Å². The van der Waals surface area contributed by atoms with Gasteiger partial charge < -0.3 is 10.4 Å². The Kier molecular flexibility index (Phi) is 4.88. The van der Waals surface area contributed by atoms with Crippen molar-refractivity contribution in [2.75, 3.05) is 5.32 Å². The molecule has 0 unspecified atom stereocenters. The van der Waals surface area contributed by atoms with Crippen LogP contribution in [0.4, 0.5) is 10.6 Å². The number of benzene rings is 2. The van der Waals surface area contributed by atoms with Gasteiger partial charge in [-0.05, 0) is 36.6 Å². The molecule has 3 aromatic rings. The Hall–Kier alpha value is -3.02. The number of anilines is 1. The smallest absolute Gasteiger partial charge is 0.320 e. The molecule has 1 heterocycles. The van der Waals surface area contributed by atoms with Gasteiger partial charge in [-0.3, -0.25) is 10.4 Å². The molecule has 6 heteroatoms. The van der Waals surface area contributed by atoms with Crippen LogP contribution in [0.2, 0.25) is 0 Å². The minimum atomic E-state index is -0.258. The summed E-state index contributed by atoms with van der Waals surface area (Å²) in [6.07, 6.45) is 1.77. The molecule has 0 saturated carbocycles. The van der Waals surface area contributed by atoms with Gasteiger partial charge in [0.2, 0.25) is 0 Å². The Balaban J connectivity index is 1.83. The SMILES string of the molecule is CCC(CC)NC(=O)Nc1n[nH]c2cc(-c3ccccc3O)ccc12. The Morgan fingerprint density at radius 2 is 1.96 bits per heavy atom. The fraction of sp³-hybridized carbons (Fsp3) is 0.263. The van der Waals surface area contributed by atoms with Crippen LogP contribution < -0.4 is 10.6 Å². The predicted molar refractivity (Wildman–Crippen MR) is 99.7 cm³/mol. The van der Waals surface area contributed by atoms with Crippen LogP contribution in [0.15, 0.2) is 42.5 Å². The number of nitrogens with zero attached hydrogens (tertiary/aromatic N) is 1. The minimum absolute atomic E-state index is 0.151. The zero-order valence-electron chi connectivity index (χ0n) is 14.3. The number of fused-ring (bicyclic) bond motifs is 1. The van der Waals surface area contributed by atoms with Crippen LogP contribution >= 0.6 is 0 Å². The first-order valence-corrected chi connectivity index (χ1v) is 8.46. The van der Waals surface area contributed by atoms with Gasteiger partial charge >= 0.3 is 6.03 Å². The molecule has 0 aliphatic rings. The highest BCUT2D eigenvalue weighted by Crippen LogP contribution is 2.31. The normalized spacial score (nSPS) is 11.0. The molecule has 0 aliphatic heterocycles. The van der Waals surface area contributed by atoms with Crippen molar-refractivity contribution in [1.82, 2.24) is 15.5 Å². The van der Waals surface area contributed by atoms with Gasteiger partial charge in [0.25, 0.3) is 0 Å². The van der Waals surface area contributed by atoms with Gasteiger partial charge in [0.05, 0.1) is 5.52 Å². The Labute approximate surface area is 146 Å². The maximum atomic E-state index is 12.1. The summed E-state index contributed by atoms with van der Waals surface area (Å²) in [7, 11) is 0. The third kappa shape index (κ3) is 3.57. The third-order valence-corrected chi connectivity index (χ3v) is 4.33. The fourth-order valence-corrected chi connectivity index (χ4v) is 2.82. The molecule has 4 N–H and O–H groups in total. The Morgan fingerprint density at radius 3 is 2.68 bits per heavy atom. The molecule has 130 valence electrons. The quantitative estimate of drug-likeness (QED) is 0.561. The lowest BCUT2D eigenvalue weighted by molar-refractivity contribution is 0.247. The van der Waals surface area contributed by atoms with Crippen molar-refractivity contribution in [3.63, 3.8) is 0 Å². The second-order valence-corrected chi connectivity index (χ2v) is 5.96. The van der Waals surface area contributed by atoms with Crippen molar-refractivity contribution in [2.24, 2.45) is 0 Å². The van der Waals surface area contributed by atoms with Crippen molar-refractivity contribution in [3.8, 4) is 16.9 Å². The monoisotopic (exact) mass is 338 g/mol. The van der Waals surface area contributed by atoms with Gasteiger partial charge in [0.15, 0.2) is 5.82 Å². The summed E-state index contributed by atoms with van der Waals surface area (Å²) in [5.41, 5.74) is 2.42.